The molecule has 0 aromatic heterocycles. The number of likely N-dealkylation sites (N-methyl/N-ethyl adjacent to an activating group) is 1. The second-order valence-electron chi connectivity index (χ2n) is 3.93. The minimum absolute atomic E-state index is 0.0210. The van der Waals surface area contributed by atoms with Gasteiger partial charge in [0.25, 0.3) is 10.0 Å². The second kappa shape index (κ2) is 4.70. The van der Waals surface area contributed by atoms with Crippen molar-refractivity contribution in [3.63, 3.8) is 0 Å². The Hall–Kier alpha value is -2.40. The van der Waals surface area contributed by atoms with E-state index >= 15 is 0 Å². The van der Waals surface area contributed by atoms with Crippen LogP contribution in [0.3, 0.4) is 0 Å². The van der Waals surface area contributed by atoms with Crippen molar-refractivity contribution in [1.82, 2.24) is 10.2 Å². The van der Waals surface area contributed by atoms with Crippen molar-refractivity contribution in [2.75, 3.05) is 13.6 Å². The normalized spacial score (nSPS) is 17.4. The van der Waals surface area contributed by atoms with Crippen LogP contribution in [0.4, 0.5) is 0 Å². The van der Waals surface area contributed by atoms with Gasteiger partial charge in [-0.15, -0.1) is 4.40 Å². The van der Waals surface area contributed by atoms with Crippen molar-refractivity contribution >= 4 is 21.9 Å². The van der Waals surface area contributed by atoms with Crippen LogP contribution in [0.15, 0.2) is 33.6 Å². The van der Waals surface area contributed by atoms with Gasteiger partial charge in [0.15, 0.2) is 0 Å². The van der Waals surface area contributed by atoms with Crippen molar-refractivity contribution < 1.29 is 13.2 Å². The summed E-state index contributed by atoms with van der Waals surface area (Å²) in [5.74, 6) is -0.338. The third kappa shape index (κ3) is 2.71. The van der Waals surface area contributed by atoms with E-state index in [1.165, 1.54) is 29.2 Å². The average molecular weight is 278 g/mol. The van der Waals surface area contributed by atoms with E-state index in [1.54, 1.807) is 7.05 Å². The minimum Gasteiger partial charge on any atom is -0.335 e. The predicted octanol–water partition coefficient (Wildman–Crippen LogP) is -0.335. The molecule has 0 saturated carbocycles. The van der Waals surface area contributed by atoms with Gasteiger partial charge in [0.2, 0.25) is 11.9 Å². The maximum atomic E-state index is 12.0. The molecule has 1 N–H and O–H groups in total. The first-order valence-electron chi connectivity index (χ1n) is 5.28. The molecule has 1 heterocycles. The van der Waals surface area contributed by atoms with Crippen LogP contribution < -0.4 is 5.32 Å². The highest BCUT2D eigenvalue weighted by molar-refractivity contribution is 7.90. The molecule has 0 bridgehead atoms. The van der Waals surface area contributed by atoms with Gasteiger partial charge in [0, 0.05) is 7.05 Å². The maximum Gasteiger partial charge on any atom is 0.285 e. The summed E-state index contributed by atoms with van der Waals surface area (Å²) < 4.78 is 27.6. The zero-order valence-corrected chi connectivity index (χ0v) is 10.8. The Morgan fingerprint density at radius 3 is 2.79 bits per heavy atom. The van der Waals surface area contributed by atoms with E-state index in [2.05, 4.69) is 9.71 Å². The van der Waals surface area contributed by atoms with Crippen LogP contribution in [0.25, 0.3) is 0 Å². The van der Waals surface area contributed by atoms with Gasteiger partial charge < -0.3 is 4.90 Å². The molecule has 98 valence electrons. The highest BCUT2D eigenvalue weighted by atomic mass is 32.2. The Kier molecular flexibility index (Phi) is 3.23. The fourth-order valence-electron chi connectivity index (χ4n) is 1.54. The van der Waals surface area contributed by atoms with E-state index in [1.807, 2.05) is 6.07 Å². The van der Waals surface area contributed by atoms with Gasteiger partial charge in [-0.1, -0.05) is 6.07 Å². The number of nitriles is 1. The van der Waals surface area contributed by atoms with E-state index in [0.29, 0.717) is 0 Å². The van der Waals surface area contributed by atoms with E-state index in [9.17, 15) is 13.2 Å². The van der Waals surface area contributed by atoms with E-state index in [4.69, 9.17) is 5.26 Å². The number of guanidine groups is 1. The third-order valence-corrected chi connectivity index (χ3v) is 3.72. The first-order chi connectivity index (χ1) is 8.92. The number of rotatable bonds is 2. The first kappa shape index (κ1) is 13.0. The molecule has 7 nitrogen and oxygen atoms in total. The molecule has 0 unspecified atom stereocenters. The predicted molar refractivity (Wildman–Crippen MR) is 66.6 cm³/mol. The van der Waals surface area contributed by atoms with Crippen LogP contribution in [0.1, 0.15) is 5.56 Å². The lowest BCUT2D eigenvalue weighted by molar-refractivity contribution is -0.118. The average Bonchev–Trinajstić information content (AvgIpc) is 2.67. The molecule has 1 aliphatic rings. The summed E-state index contributed by atoms with van der Waals surface area (Å²) in [7, 11) is -2.40. The van der Waals surface area contributed by atoms with Crippen LogP contribution >= 0.6 is 0 Å². The molecule has 0 radical (unpaired) electrons. The van der Waals surface area contributed by atoms with Gasteiger partial charge in [-0.2, -0.15) is 13.7 Å². The number of benzene rings is 1. The van der Waals surface area contributed by atoms with Crippen LogP contribution in [-0.2, 0) is 14.8 Å². The topological polar surface area (TPSA) is 103 Å². The van der Waals surface area contributed by atoms with Crippen molar-refractivity contribution in [1.29, 1.82) is 5.26 Å². The SMILES string of the molecule is CN1CC(=O)N/C1=N\S(=O)(=O)c1cccc(C#N)c1. The van der Waals surface area contributed by atoms with Crippen molar-refractivity contribution in [2.45, 2.75) is 4.90 Å². The lowest BCUT2D eigenvalue weighted by Crippen LogP contribution is -2.28. The lowest BCUT2D eigenvalue weighted by atomic mass is 10.2. The number of hydrogen-bond acceptors (Lipinski definition) is 4. The van der Waals surface area contributed by atoms with Gasteiger partial charge in [-0.05, 0) is 18.2 Å². The molecular weight excluding hydrogens is 268 g/mol. The van der Waals surface area contributed by atoms with E-state index < -0.39 is 10.0 Å². The largest absolute Gasteiger partial charge is 0.335 e. The standard InChI is InChI=1S/C11H10N4O3S/c1-15-7-10(16)13-11(15)14-19(17,18)9-4-2-3-8(5-9)6-12/h2-5H,7H2,1H3,(H,13,14,16). The lowest BCUT2D eigenvalue weighted by Gasteiger charge is -2.08. The van der Waals surface area contributed by atoms with Crippen molar-refractivity contribution in [3.05, 3.63) is 29.8 Å². The van der Waals surface area contributed by atoms with Gasteiger partial charge in [-0.25, -0.2) is 0 Å². The molecule has 1 amide bonds. The van der Waals surface area contributed by atoms with Crippen LogP contribution in [0, 0.1) is 11.3 Å². The highest BCUT2D eigenvalue weighted by Crippen LogP contribution is 2.14. The summed E-state index contributed by atoms with van der Waals surface area (Å²) in [6.45, 7) is 0.0621. The number of nitrogens with zero attached hydrogens (tertiary/aromatic N) is 3. The Labute approximate surface area is 110 Å². The number of amides is 1. The molecule has 8 heteroatoms. The number of carbonyl (C=O) groups is 1. The quantitative estimate of drug-likeness (QED) is 0.797. The molecule has 1 aromatic carbocycles. The van der Waals surface area contributed by atoms with Gasteiger partial charge in [0.05, 0.1) is 23.1 Å². The number of sulfonamides is 1. The fourth-order valence-corrected chi connectivity index (χ4v) is 2.58. The molecule has 1 aromatic rings. The van der Waals surface area contributed by atoms with Gasteiger partial charge in [0.1, 0.15) is 0 Å². The third-order valence-electron chi connectivity index (χ3n) is 2.46. The summed E-state index contributed by atoms with van der Waals surface area (Å²) in [5, 5.41) is 11.1. The fraction of sp³-hybridized carbons (Fsp3) is 0.182. The van der Waals surface area contributed by atoms with Gasteiger partial charge in [-0.3, -0.25) is 10.1 Å². The monoisotopic (exact) mass is 278 g/mol. The van der Waals surface area contributed by atoms with Crippen molar-refractivity contribution in [3.8, 4) is 6.07 Å². The highest BCUT2D eigenvalue weighted by Gasteiger charge is 2.24. The molecule has 1 saturated heterocycles. The molecule has 0 aliphatic carbocycles. The van der Waals surface area contributed by atoms with Gasteiger partial charge >= 0.3 is 0 Å². The van der Waals surface area contributed by atoms with Crippen LogP contribution in [0.5, 0.6) is 0 Å². The molecular formula is C11H10N4O3S. The number of nitrogens with one attached hydrogen (secondary N) is 1. The smallest absolute Gasteiger partial charge is 0.285 e. The zero-order valence-electron chi connectivity index (χ0n) is 9.99. The number of carbonyl (C=O) groups excluding carboxylic acids is 1. The minimum atomic E-state index is -3.95. The van der Waals surface area contributed by atoms with E-state index in [0.717, 1.165) is 0 Å². The Morgan fingerprint density at radius 1 is 1.47 bits per heavy atom. The van der Waals surface area contributed by atoms with Crippen molar-refractivity contribution in [2.24, 2.45) is 4.40 Å². The molecule has 0 atom stereocenters. The van der Waals surface area contributed by atoms with Crippen LogP contribution in [-0.4, -0.2) is 38.8 Å². The summed E-state index contributed by atoms with van der Waals surface area (Å²) >= 11 is 0. The molecule has 1 fully saturated rings. The molecule has 2 rings (SSSR count). The second-order valence-corrected chi connectivity index (χ2v) is 5.54. The Bertz CT molecular complexity index is 703. The Morgan fingerprint density at radius 2 is 2.21 bits per heavy atom. The van der Waals surface area contributed by atoms with E-state index in [-0.39, 0.29) is 28.9 Å². The summed E-state index contributed by atoms with van der Waals surface area (Å²) in [5.41, 5.74) is 0.227. The molecule has 19 heavy (non-hydrogen) atoms. The maximum absolute atomic E-state index is 12.0. The van der Waals surface area contributed by atoms with Crippen LogP contribution in [0.2, 0.25) is 0 Å². The summed E-state index contributed by atoms with van der Waals surface area (Å²) in [4.78, 5) is 12.4. The molecule has 1 aliphatic heterocycles. The summed E-state index contributed by atoms with van der Waals surface area (Å²) in [6, 6.07) is 7.39. The molecule has 0 spiro atoms. The number of hydrogen-bond donors (Lipinski definition) is 1. The zero-order chi connectivity index (χ0) is 14.0. The summed E-state index contributed by atoms with van der Waals surface area (Å²) in [6.07, 6.45) is 0. The first-order valence-corrected chi connectivity index (χ1v) is 6.72. The Balaban J connectivity index is 2.41.